The van der Waals surface area contributed by atoms with E-state index in [1.165, 1.54) is 0 Å². The van der Waals surface area contributed by atoms with Crippen LogP contribution < -0.4 is 5.32 Å². The molecule has 0 bridgehead atoms. The molecule has 8 nitrogen and oxygen atoms in total. The highest BCUT2D eigenvalue weighted by molar-refractivity contribution is 6.00. The molecule has 8 heteroatoms. The molecule has 27 heavy (non-hydrogen) atoms. The third-order valence-electron chi connectivity index (χ3n) is 4.98. The van der Waals surface area contributed by atoms with Crippen LogP contribution in [0.4, 0.5) is 0 Å². The molecule has 0 saturated heterocycles. The summed E-state index contributed by atoms with van der Waals surface area (Å²) in [4.78, 5) is 32.8. The quantitative estimate of drug-likeness (QED) is 0.778. The highest BCUT2D eigenvalue weighted by atomic mass is 16.5. The molecule has 0 atom stereocenters. The van der Waals surface area contributed by atoms with Gasteiger partial charge in [-0.1, -0.05) is 18.0 Å². The molecule has 0 spiro atoms. The Hall–Kier alpha value is -2.64. The molecule has 1 aliphatic carbocycles. The fraction of sp³-hybridized carbons (Fsp3) is 0.579. The third kappa shape index (κ3) is 3.61. The Balaban J connectivity index is 1.89. The molecule has 0 aromatic carbocycles. The van der Waals surface area contributed by atoms with Gasteiger partial charge < -0.3 is 19.6 Å². The van der Waals surface area contributed by atoms with E-state index in [4.69, 9.17) is 9.26 Å². The summed E-state index contributed by atoms with van der Waals surface area (Å²) in [5.74, 6) is 0.255. The highest BCUT2D eigenvalue weighted by Gasteiger charge is 2.42. The number of hydrogen-bond donors (Lipinski definition) is 2. The van der Waals surface area contributed by atoms with Crippen LogP contribution in [-0.2, 0) is 10.3 Å². The van der Waals surface area contributed by atoms with E-state index >= 15 is 0 Å². The van der Waals surface area contributed by atoms with Crippen LogP contribution in [0.2, 0.25) is 0 Å². The number of carbonyl (C=O) groups excluding carboxylic acids is 2. The summed E-state index contributed by atoms with van der Waals surface area (Å²) in [6.07, 6.45) is 3.22. The van der Waals surface area contributed by atoms with Gasteiger partial charge in [0.15, 0.2) is 5.82 Å². The summed E-state index contributed by atoms with van der Waals surface area (Å²) in [6, 6.07) is 0. The van der Waals surface area contributed by atoms with Crippen molar-refractivity contribution in [2.24, 2.45) is 0 Å². The molecule has 1 aliphatic rings. The third-order valence-corrected chi connectivity index (χ3v) is 4.98. The largest absolute Gasteiger partial charge is 0.459 e. The average molecular weight is 374 g/mol. The lowest BCUT2D eigenvalue weighted by molar-refractivity contribution is 0.0376. The average Bonchev–Trinajstić information content (AvgIpc) is 3.27. The van der Waals surface area contributed by atoms with Crippen molar-refractivity contribution in [3.05, 3.63) is 34.2 Å². The maximum atomic E-state index is 13.0. The molecule has 2 aromatic heterocycles. The van der Waals surface area contributed by atoms with E-state index in [0.717, 1.165) is 25.7 Å². The van der Waals surface area contributed by atoms with E-state index in [1.54, 1.807) is 34.6 Å². The van der Waals surface area contributed by atoms with Gasteiger partial charge in [0, 0.05) is 12.6 Å². The molecule has 0 unspecified atom stereocenters. The van der Waals surface area contributed by atoms with Gasteiger partial charge >= 0.3 is 5.97 Å². The Morgan fingerprint density at radius 3 is 2.44 bits per heavy atom. The van der Waals surface area contributed by atoms with Crippen molar-refractivity contribution in [3.63, 3.8) is 0 Å². The summed E-state index contributed by atoms with van der Waals surface area (Å²) >= 11 is 0. The van der Waals surface area contributed by atoms with Gasteiger partial charge in [-0.3, -0.25) is 4.79 Å². The normalized spacial score (nSPS) is 15.9. The number of rotatable bonds is 5. The maximum absolute atomic E-state index is 13.0. The van der Waals surface area contributed by atoms with Gasteiger partial charge in [0.25, 0.3) is 5.91 Å². The van der Waals surface area contributed by atoms with Crippen LogP contribution in [0, 0.1) is 20.8 Å². The first-order chi connectivity index (χ1) is 12.7. The Morgan fingerprint density at radius 1 is 1.22 bits per heavy atom. The minimum absolute atomic E-state index is 0.230. The number of amides is 1. The number of nitrogens with one attached hydrogen (secondary N) is 2. The lowest BCUT2D eigenvalue weighted by Gasteiger charge is -2.26. The second kappa shape index (κ2) is 7.17. The molecule has 1 saturated carbocycles. The fourth-order valence-corrected chi connectivity index (χ4v) is 3.71. The number of nitrogens with zero attached hydrogens (tertiary/aromatic N) is 2. The molecular formula is C19H26N4O4. The number of ether oxygens (including phenoxy) is 1. The fourth-order valence-electron chi connectivity index (χ4n) is 3.71. The predicted octanol–water partition coefficient (Wildman–Crippen LogP) is 3.09. The van der Waals surface area contributed by atoms with Crippen LogP contribution in [0.1, 0.15) is 83.3 Å². The van der Waals surface area contributed by atoms with Crippen molar-refractivity contribution in [1.82, 2.24) is 20.4 Å². The molecule has 1 amide bonds. The number of esters is 1. The molecule has 2 heterocycles. The topological polar surface area (TPSA) is 110 Å². The minimum atomic E-state index is -0.640. The molecule has 0 aliphatic heterocycles. The Morgan fingerprint density at radius 2 is 1.89 bits per heavy atom. The molecule has 0 radical (unpaired) electrons. The van der Waals surface area contributed by atoms with E-state index in [2.05, 4.69) is 20.4 Å². The van der Waals surface area contributed by atoms with Gasteiger partial charge in [0.05, 0.1) is 11.7 Å². The molecule has 2 N–H and O–H groups in total. The molecular weight excluding hydrogens is 348 g/mol. The zero-order valence-corrected chi connectivity index (χ0v) is 16.4. The first kappa shape index (κ1) is 19.1. The summed E-state index contributed by atoms with van der Waals surface area (Å²) in [5.41, 5.74) is 1.31. The Bertz CT molecular complexity index is 859. The van der Waals surface area contributed by atoms with E-state index in [9.17, 15) is 9.59 Å². The van der Waals surface area contributed by atoms with Crippen molar-refractivity contribution < 1.29 is 18.8 Å². The molecule has 1 fully saturated rings. The summed E-state index contributed by atoms with van der Waals surface area (Å²) in [5, 5.41) is 7.13. The van der Waals surface area contributed by atoms with Crippen LogP contribution in [0.3, 0.4) is 0 Å². The molecule has 3 rings (SSSR count). The second-order valence-corrected chi connectivity index (χ2v) is 7.46. The maximum Gasteiger partial charge on any atom is 0.340 e. The van der Waals surface area contributed by atoms with Crippen LogP contribution in [-0.4, -0.2) is 33.1 Å². The van der Waals surface area contributed by atoms with Crippen molar-refractivity contribution in [2.45, 2.75) is 71.9 Å². The van der Waals surface area contributed by atoms with Crippen molar-refractivity contribution >= 4 is 11.9 Å². The molecule has 2 aromatic rings. The zero-order valence-electron chi connectivity index (χ0n) is 16.4. The SMILES string of the molecule is Cc1nc(C2(NC(=O)c3[nH]c(C)c(C(=O)OC(C)C)c3C)CCCC2)no1. The number of aromatic amines is 1. The van der Waals surface area contributed by atoms with Gasteiger partial charge in [-0.2, -0.15) is 4.98 Å². The van der Waals surface area contributed by atoms with Gasteiger partial charge in [-0.25, -0.2) is 4.79 Å². The first-order valence-corrected chi connectivity index (χ1v) is 9.27. The summed E-state index contributed by atoms with van der Waals surface area (Å²) in [7, 11) is 0. The van der Waals surface area contributed by atoms with E-state index < -0.39 is 11.5 Å². The van der Waals surface area contributed by atoms with Gasteiger partial charge in [-0.15, -0.1) is 0 Å². The van der Waals surface area contributed by atoms with Crippen LogP contribution in [0.15, 0.2) is 4.52 Å². The van der Waals surface area contributed by atoms with E-state index in [0.29, 0.717) is 34.2 Å². The number of H-pyrrole nitrogens is 1. The lowest BCUT2D eigenvalue weighted by atomic mass is 9.96. The highest BCUT2D eigenvalue weighted by Crippen LogP contribution is 2.37. The zero-order chi connectivity index (χ0) is 19.8. The van der Waals surface area contributed by atoms with E-state index in [-0.39, 0.29) is 12.0 Å². The number of aryl methyl sites for hydroxylation is 2. The van der Waals surface area contributed by atoms with Crippen molar-refractivity contribution in [1.29, 1.82) is 0 Å². The standard InChI is InChI=1S/C19H26N4O4/c1-10(2)26-17(25)14-11(3)15(20-12(14)4)16(24)22-19(8-6-7-9-19)18-21-13(5)27-23-18/h10,20H,6-9H2,1-5H3,(H,22,24). The van der Waals surface area contributed by atoms with Gasteiger partial charge in [0.1, 0.15) is 11.2 Å². The van der Waals surface area contributed by atoms with E-state index in [1.807, 2.05) is 0 Å². The minimum Gasteiger partial charge on any atom is -0.459 e. The summed E-state index contributed by atoms with van der Waals surface area (Å²) in [6.45, 7) is 8.81. The van der Waals surface area contributed by atoms with Crippen LogP contribution >= 0.6 is 0 Å². The van der Waals surface area contributed by atoms with Crippen molar-refractivity contribution in [2.75, 3.05) is 0 Å². The number of carbonyl (C=O) groups is 2. The molecule has 146 valence electrons. The smallest absolute Gasteiger partial charge is 0.340 e. The Labute approximate surface area is 158 Å². The first-order valence-electron chi connectivity index (χ1n) is 9.27. The van der Waals surface area contributed by atoms with Gasteiger partial charge in [-0.05, 0) is 46.1 Å². The van der Waals surface area contributed by atoms with Gasteiger partial charge in [0.2, 0.25) is 5.89 Å². The van der Waals surface area contributed by atoms with Crippen LogP contribution in [0.5, 0.6) is 0 Å². The lowest BCUT2D eigenvalue weighted by Crippen LogP contribution is -2.45. The number of hydrogen-bond acceptors (Lipinski definition) is 6. The monoisotopic (exact) mass is 374 g/mol. The van der Waals surface area contributed by atoms with Crippen molar-refractivity contribution in [3.8, 4) is 0 Å². The summed E-state index contributed by atoms with van der Waals surface area (Å²) < 4.78 is 10.4. The number of aromatic nitrogens is 3. The Kier molecular flexibility index (Phi) is 5.08. The van der Waals surface area contributed by atoms with Crippen LogP contribution in [0.25, 0.3) is 0 Å². The second-order valence-electron chi connectivity index (χ2n) is 7.46. The predicted molar refractivity (Wildman–Crippen MR) is 97.5 cm³/mol.